The van der Waals surface area contributed by atoms with E-state index in [4.69, 9.17) is 5.11 Å². The van der Waals surface area contributed by atoms with E-state index in [1.165, 1.54) is 5.56 Å². The molecule has 1 fully saturated rings. The van der Waals surface area contributed by atoms with Gasteiger partial charge in [-0.15, -0.1) is 0 Å². The minimum absolute atomic E-state index is 0.299. The van der Waals surface area contributed by atoms with Crippen LogP contribution in [0.5, 0.6) is 0 Å². The summed E-state index contributed by atoms with van der Waals surface area (Å²) in [6.07, 6.45) is 0.890. The van der Waals surface area contributed by atoms with Crippen molar-refractivity contribution in [1.82, 2.24) is 4.90 Å². The molecule has 2 nitrogen and oxygen atoms in total. The lowest BCUT2D eigenvalue weighted by atomic mass is 9.90. The van der Waals surface area contributed by atoms with Gasteiger partial charge in [-0.2, -0.15) is 0 Å². The molecule has 0 spiro atoms. The predicted molar refractivity (Wildman–Crippen MR) is 61.9 cm³/mol. The Kier molecular flexibility index (Phi) is 3.39. The minimum atomic E-state index is 0.299. The third-order valence-electron chi connectivity index (χ3n) is 3.35. The van der Waals surface area contributed by atoms with Gasteiger partial charge in [0, 0.05) is 31.7 Å². The van der Waals surface area contributed by atoms with Crippen molar-refractivity contribution in [2.45, 2.75) is 25.3 Å². The lowest BCUT2D eigenvalue weighted by Crippen LogP contribution is -2.49. The number of hydrogen-bond acceptors (Lipinski definition) is 2. The topological polar surface area (TPSA) is 23.5 Å². The van der Waals surface area contributed by atoms with Gasteiger partial charge in [0.05, 0.1) is 0 Å². The predicted octanol–water partition coefficient (Wildman–Crippen LogP) is 1.86. The van der Waals surface area contributed by atoms with Crippen molar-refractivity contribution >= 4 is 0 Å². The standard InChI is InChI=1S/C13H19NO/c1-11(7-8-15)14-9-13(10-14)12-5-3-2-4-6-12/h2-6,11,13,15H,7-10H2,1H3. The van der Waals surface area contributed by atoms with Gasteiger partial charge in [0.1, 0.15) is 0 Å². The van der Waals surface area contributed by atoms with Crippen LogP contribution < -0.4 is 0 Å². The van der Waals surface area contributed by atoms with E-state index in [1.807, 2.05) is 0 Å². The highest BCUT2D eigenvalue weighted by Crippen LogP contribution is 2.28. The Hall–Kier alpha value is -0.860. The second-order valence-electron chi connectivity index (χ2n) is 4.42. The highest BCUT2D eigenvalue weighted by Gasteiger charge is 2.30. The molecular formula is C13H19NO. The molecule has 1 aromatic rings. The zero-order valence-electron chi connectivity index (χ0n) is 9.26. The number of benzene rings is 1. The molecule has 82 valence electrons. The first-order valence-corrected chi connectivity index (χ1v) is 5.71. The van der Waals surface area contributed by atoms with Crippen molar-refractivity contribution in [1.29, 1.82) is 0 Å². The maximum absolute atomic E-state index is 8.86. The molecule has 1 aliphatic heterocycles. The molecule has 0 amide bonds. The van der Waals surface area contributed by atoms with Gasteiger partial charge in [0.15, 0.2) is 0 Å². The molecule has 1 heterocycles. The second-order valence-corrected chi connectivity index (χ2v) is 4.42. The van der Waals surface area contributed by atoms with E-state index in [-0.39, 0.29) is 0 Å². The van der Waals surface area contributed by atoms with Crippen LogP contribution in [0.25, 0.3) is 0 Å². The van der Waals surface area contributed by atoms with Crippen LogP contribution in [0.4, 0.5) is 0 Å². The molecule has 1 atom stereocenters. The number of rotatable bonds is 4. The van der Waals surface area contributed by atoms with E-state index in [2.05, 4.69) is 42.2 Å². The Morgan fingerprint density at radius 1 is 1.33 bits per heavy atom. The molecule has 15 heavy (non-hydrogen) atoms. The van der Waals surface area contributed by atoms with Gasteiger partial charge in [-0.25, -0.2) is 0 Å². The minimum Gasteiger partial charge on any atom is -0.396 e. The first kappa shape index (κ1) is 10.7. The molecule has 1 aromatic carbocycles. The summed E-state index contributed by atoms with van der Waals surface area (Å²) in [5, 5.41) is 8.86. The van der Waals surface area contributed by atoms with Gasteiger partial charge in [-0.05, 0) is 18.9 Å². The number of likely N-dealkylation sites (tertiary alicyclic amines) is 1. The van der Waals surface area contributed by atoms with Gasteiger partial charge in [0.25, 0.3) is 0 Å². The molecule has 1 saturated heterocycles. The van der Waals surface area contributed by atoms with Crippen LogP contribution in [0.15, 0.2) is 30.3 Å². The molecule has 0 saturated carbocycles. The highest BCUT2D eigenvalue weighted by molar-refractivity contribution is 5.22. The molecule has 0 radical (unpaired) electrons. The Labute approximate surface area is 91.5 Å². The number of hydrogen-bond donors (Lipinski definition) is 1. The average Bonchev–Trinajstić information content (AvgIpc) is 2.17. The summed E-state index contributed by atoms with van der Waals surface area (Å²) in [4.78, 5) is 2.44. The average molecular weight is 205 g/mol. The maximum Gasteiger partial charge on any atom is 0.0445 e. The lowest BCUT2D eigenvalue weighted by Gasteiger charge is -2.43. The van der Waals surface area contributed by atoms with Crippen LogP contribution in [0.2, 0.25) is 0 Å². The van der Waals surface area contributed by atoms with E-state index in [0.29, 0.717) is 18.6 Å². The summed E-state index contributed by atoms with van der Waals surface area (Å²) in [7, 11) is 0. The summed E-state index contributed by atoms with van der Waals surface area (Å²) in [6.45, 7) is 4.78. The highest BCUT2D eigenvalue weighted by atomic mass is 16.3. The Bertz CT molecular complexity index is 293. The fourth-order valence-electron chi connectivity index (χ4n) is 2.18. The molecule has 2 heteroatoms. The molecule has 1 N–H and O–H groups in total. The van der Waals surface area contributed by atoms with Gasteiger partial charge in [0.2, 0.25) is 0 Å². The molecule has 1 unspecified atom stereocenters. The lowest BCUT2D eigenvalue weighted by molar-refractivity contribution is 0.0836. The third-order valence-corrected chi connectivity index (χ3v) is 3.35. The van der Waals surface area contributed by atoms with Crippen molar-refractivity contribution in [3.63, 3.8) is 0 Å². The normalized spacial score (nSPS) is 19.9. The third kappa shape index (κ3) is 2.39. The summed E-state index contributed by atoms with van der Waals surface area (Å²) in [5.74, 6) is 0.701. The van der Waals surface area contributed by atoms with E-state index < -0.39 is 0 Å². The zero-order chi connectivity index (χ0) is 10.7. The van der Waals surface area contributed by atoms with Gasteiger partial charge >= 0.3 is 0 Å². The van der Waals surface area contributed by atoms with Crippen molar-refractivity contribution in [3.8, 4) is 0 Å². The molecule has 0 bridgehead atoms. The van der Waals surface area contributed by atoms with Crippen LogP contribution in [0.1, 0.15) is 24.8 Å². The second kappa shape index (κ2) is 4.77. The van der Waals surface area contributed by atoms with Crippen molar-refractivity contribution in [3.05, 3.63) is 35.9 Å². The van der Waals surface area contributed by atoms with Gasteiger partial charge in [-0.1, -0.05) is 30.3 Å². The largest absolute Gasteiger partial charge is 0.396 e. The summed E-state index contributed by atoms with van der Waals surface area (Å²) in [5.41, 5.74) is 1.45. The Morgan fingerprint density at radius 2 is 2.00 bits per heavy atom. The number of aliphatic hydroxyl groups excluding tert-OH is 1. The first-order valence-electron chi connectivity index (χ1n) is 5.71. The number of nitrogens with zero attached hydrogens (tertiary/aromatic N) is 1. The molecule has 2 rings (SSSR count). The van der Waals surface area contributed by atoms with E-state index >= 15 is 0 Å². The van der Waals surface area contributed by atoms with Crippen molar-refractivity contribution < 1.29 is 5.11 Å². The molecule has 0 aromatic heterocycles. The van der Waals surface area contributed by atoms with Gasteiger partial charge in [-0.3, -0.25) is 4.90 Å². The molecule has 1 aliphatic rings. The summed E-state index contributed by atoms with van der Waals surface area (Å²) < 4.78 is 0. The first-order chi connectivity index (χ1) is 7.31. The van der Waals surface area contributed by atoms with Crippen LogP contribution in [0.3, 0.4) is 0 Å². The smallest absolute Gasteiger partial charge is 0.0445 e. The van der Waals surface area contributed by atoms with Crippen LogP contribution in [-0.2, 0) is 0 Å². The van der Waals surface area contributed by atoms with Gasteiger partial charge < -0.3 is 5.11 Å². The quantitative estimate of drug-likeness (QED) is 0.811. The van der Waals surface area contributed by atoms with E-state index in [0.717, 1.165) is 19.5 Å². The molecule has 0 aliphatic carbocycles. The zero-order valence-corrected chi connectivity index (χ0v) is 9.26. The van der Waals surface area contributed by atoms with Crippen LogP contribution >= 0.6 is 0 Å². The fraction of sp³-hybridized carbons (Fsp3) is 0.538. The van der Waals surface area contributed by atoms with Crippen LogP contribution in [0, 0.1) is 0 Å². The van der Waals surface area contributed by atoms with Crippen LogP contribution in [-0.4, -0.2) is 35.7 Å². The van der Waals surface area contributed by atoms with Crippen molar-refractivity contribution in [2.24, 2.45) is 0 Å². The van der Waals surface area contributed by atoms with E-state index in [9.17, 15) is 0 Å². The summed E-state index contributed by atoms with van der Waals surface area (Å²) in [6, 6.07) is 11.2. The summed E-state index contributed by atoms with van der Waals surface area (Å²) >= 11 is 0. The fourth-order valence-corrected chi connectivity index (χ4v) is 2.18. The SMILES string of the molecule is CC(CCO)N1CC(c2ccccc2)C1. The van der Waals surface area contributed by atoms with Crippen molar-refractivity contribution in [2.75, 3.05) is 19.7 Å². The Balaban J connectivity index is 1.83. The monoisotopic (exact) mass is 205 g/mol. The van der Waals surface area contributed by atoms with E-state index in [1.54, 1.807) is 0 Å². The number of aliphatic hydroxyl groups is 1. The Morgan fingerprint density at radius 3 is 2.60 bits per heavy atom. The molecular weight excluding hydrogens is 186 g/mol. The maximum atomic E-state index is 8.86.